The molecule has 1 aromatic carbocycles. The molecule has 1 fully saturated rings. The molecule has 1 aliphatic heterocycles. The molecular weight excluding hydrogens is 228 g/mol. The van der Waals surface area contributed by atoms with Crippen molar-refractivity contribution in [1.29, 1.82) is 0 Å². The lowest BCUT2D eigenvalue weighted by molar-refractivity contribution is -0.136. The standard InChI is InChI=1S/C13H16N4O/c1-17(13(18)10-5-14-6-10)7-9-2-3-11-12(4-9)16-8-15-11/h2-4,8,10,14H,5-7H2,1H3,(H,15,16). The summed E-state index contributed by atoms with van der Waals surface area (Å²) in [5, 5.41) is 3.12. The molecule has 0 radical (unpaired) electrons. The van der Waals surface area contributed by atoms with Crippen LogP contribution in [-0.2, 0) is 11.3 Å². The van der Waals surface area contributed by atoms with Crippen molar-refractivity contribution in [2.45, 2.75) is 6.54 Å². The van der Waals surface area contributed by atoms with Gasteiger partial charge in [-0.05, 0) is 17.7 Å². The predicted octanol–water partition coefficient (Wildman–Crippen LogP) is 0.741. The number of H-pyrrole nitrogens is 1. The molecule has 0 unspecified atom stereocenters. The van der Waals surface area contributed by atoms with Gasteiger partial charge in [0.25, 0.3) is 0 Å². The van der Waals surface area contributed by atoms with Gasteiger partial charge in [-0.1, -0.05) is 6.07 Å². The second kappa shape index (κ2) is 4.42. The number of imidazole rings is 1. The number of hydrogen-bond acceptors (Lipinski definition) is 3. The Morgan fingerprint density at radius 3 is 3.06 bits per heavy atom. The Kier molecular flexibility index (Phi) is 2.76. The Morgan fingerprint density at radius 2 is 2.33 bits per heavy atom. The molecule has 2 heterocycles. The normalized spacial score (nSPS) is 15.6. The van der Waals surface area contributed by atoms with Crippen LogP contribution in [-0.4, -0.2) is 40.9 Å². The molecule has 5 heteroatoms. The second-order valence-electron chi connectivity index (χ2n) is 4.80. The molecule has 0 atom stereocenters. The lowest BCUT2D eigenvalue weighted by Crippen LogP contribution is -2.50. The summed E-state index contributed by atoms with van der Waals surface area (Å²) in [5.41, 5.74) is 3.09. The van der Waals surface area contributed by atoms with Crippen molar-refractivity contribution in [3.63, 3.8) is 0 Å². The summed E-state index contributed by atoms with van der Waals surface area (Å²) in [6, 6.07) is 6.04. The highest BCUT2D eigenvalue weighted by Crippen LogP contribution is 2.14. The van der Waals surface area contributed by atoms with Crippen molar-refractivity contribution < 1.29 is 4.79 Å². The summed E-state index contributed by atoms with van der Waals surface area (Å²) < 4.78 is 0. The summed E-state index contributed by atoms with van der Waals surface area (Å²) in [4.78, 5) is 21.1. The molecule has 1 amide bonds. The highest BCUT2D eigenvalue weighted by atomic mass is 16.2. The van der Waals surface area contributed by atoms with Gasteiger partial charge in [-0.2, -0.15) is 0 Å². The summed E-state index contributed by atoms with van der Waals surface area (Å²) in [5.74, 6) is 0.379. The molecule has 1 saturated heterocycles. The first kappa shape index (κ1) is 11.2. The molecule has 5 nitrogen and oxygen atoms in total. The van der Waals surface area contributed by atoms with Crippen LogP contribution >= 0.6 is 0 Å². The lowest BCUT2D eigenvalue weighted by atomic mass is 10.0. The van der Waals surface area contributed by atoms with E-state index in [0.717, 1.165) is 29.7 Å². The van der Waals surface area contributed by atoms with Gasteiger partial charge in [-0.25, -0.2) is 4.98 Å². The number of benzene rings is 1. The first-order chi connectivity index (χ1) is 8.74. The summed E-state index contributed by atoms with van der Waals surface area (Å²) in [6.07, 6.45) is 1.68. The Hall–Kier alpha value is -1.88. The zero-order valence-electron chi connectivity index (χ0n) is 10.3. The van der Waals surface area contributed by atoms with Crippen LogP contribution in [0.25, 0.3) is 11.0 Å². The number of hydrogen-bond donors (Lipinski definition) is 2. The molecule has 94 valence electrons. The molecule has 1 aliphatic rings. The maximum atomic E-state index is 12.0. The van der Waals surface area contributed by atoms with E-state index >= 15 is 0 Å². The van der Waals surface area contributed by atoms with Crippen molar-refractivity contribution in [2.75, 3.05) is 20.1 Å². The SMILES string of the molecule is CN(Cc1ccc2nc[nH]c2c1)C(=O)C1CNC1. The fourth-order valence-electron chi connectivity index (χ4n) is 2.21. The van der Waals surface area contributed by atoms with Gasteiger partial charge in [0.05, 0.1) is 23.3 Å². The Labute approximate surface area is 105 Å². The number of amides is 1. The Balaban J connectivity index is 1.72. The fraction of sp³-hybridized carbons (Fsp3) is 0.385. The number of nitrogens with zero attached hydrogens (tertiary/aromatic N) is 2. The van der Waals surface area contributed by atoms with Gasteiger partial charge in [0.2, 0.25) is 5.91 Å². The van der Waals surface area contributed by atoms with Crippen LogP contribution in [0.5, 0.6) is 0 Å². The van der Waals surface area contributed by atoms with E-state index in [0.29, 0.717) is 6.54 Å². The molecule has 18 heavy (non-hydrogen) atoms. The number of nitrogens with one attached hydrogen (secondary N) is 2. The molecule has 0 aliphatic carbocycles. The van der Waals surface area contributed by atoms with Crippen molar-refractivity contribution in [3.05, 3.63) is 30.1 Å². The van der Waals surface area contributed by atoms with E-state index < -0.39 is 0 Å². The molecular formula is C13H16N4O. The quantitative estimate of drug-likeness (QED) is 0.837. The van der Waals surface area contributed by atoms with Crippen LogP contribution in [0.1, 0.15) is 5.56 Å². The number of fused-ring (bicyclic) bond motifs is 1. The molecule has 2 N–H and O–H groups in total. The summed E-state index contributed by atoms with van der Waals surface area (Å²) in [6.45, 7) is 2.26. The maximum absolute atomic E-state index is 12.0. The van der Waals surface area contributed by atoms with Gasteiger partial charge in [-0.3, -0.25) is 4.79 Å². The maximum Gasteiger partial charge on any atom is 0.228 e. The number of aromatic nitrogens is 2. The summed E-state index contributed by atoms with van der Waals surface area (Å²) in [7, 11) is 1.86. The van der Waals surface area contributed by atoms with Crippen molar-refractivity contribution in [3.8, 4) is 0 Å². The molecule has 1 aromatic heterocycles. The van der Waals surface area contributed by atoms with Crippen LogP contribution in [0.3, 0.4) is 0 Å². The molecule has 0 saturated carbocycles. The van der Waals surface area contributed by atoms with E-state index in [4.69, 9.17) is 0 Å². The molecule has 3 rings (SSSR count). The van der Waals surface area contributed by atoms with Gasteiger partial charge in [-0.15, -0.1) is 0 Å². The van der Waals surface area contributed by atoms with Crippen LogP contribution in [0.15, 0.2) is 24.5 Å². The number of rotatable bonds is 3. The minimum Gasteiger partial charge on any atom is -0.345 e. The molecule has 0 bridgehead atoms. The van der Waals surface area contributed by atoms with E-state index in [-0.39, 0.29) is 11.8 Å². The van der Waals surface area contributed by atoms with Crippen molar-refractivity contribution in [2.24, 2.45) is 5.92 Å². The molecule has 2 aromatic rings. The monoisotopic (exact) mass is 244 g/mol. The van der Waals surface area contributed by atoms with Crippen LogP contribution in [0, 0.1) is 5.92 Å². The van der Waals surface area contributed by atoms with Crippen LogP contribution in [0.2, 0.25) is 0 Å². The van der Waals surface area contributed by atoms with E-state index in [9.17, 15) is 4.79 Å². The third kappa shape index (κ3) is 1.97. The minimum absolute atomic E-state index is 0.158. The van der Waals surface area contributed by atoms with Crippen molar-refractivity contribution in [1.82, 2.24) is 20.2 Å². The Bertz CT molecular complexity index is 573. The van der Waals surface area contributed by atoms with E-state index in [1.807, 2.05) is 25.2 Å². The first-order valence-electron chi connectivity index (χ1n) is 6.12. The average molecular weight is 244 g/mol. The van der Waals surface area contributed by atoms with Gasteiger partial charge >= 0.3 is 0 Å². The lowest BCUT2D eigenvalue weighted by Gasteiger charge is -2.30. The third-order valence-corrected chi connectivity index (χ3v) is 3.41. The largest absolute Gasteiger partial charge is 0.345 e. The smallest absolute Gasteiger partial charge is 0.228 e. The van der Waals surface area contributed by atoms with Gasteiger partial charge in [0, 0.05) is 26.7 Å². The number of carbonyl (C=O) groups is 1. The fourth-order valence-corrected chi connectivity index (χ4v) is 2.21. The van der Waals surface area contributed by atoms with Gasteiger partial charge in [0.15, 0.2) is 0 Å². The zero-order chi connectivity index (χ0) is 12.5. The second-order valence-corrected chi connectivity index (χ2v) is 4.80. The highest BCUT2D eigenvalue weighted by molar-refractivity contribution is 5.80. The highest BCUT2D eigenvalue weighted by Gasteiger charge is 2.27. The summed E-state index contributed by atoms with van der Waals surface area (Å²) >= 11 is 0. The number of aromatic amines is 1. The topological polar surface area (TPSA) is 61.0 Å². The van der Waals surface area contributed by atoms with Crippen LogP contribution < -0.4 is 5.32 Å². The van der Waals surface area contributed by atoms with E-state index in [1.54, 1.807) is 11.2 Å². The van der Waals surface area contributed by atoms with Crippen LogP contribution in [0.4, 0.5) is 0 Å². The zero-order valence-corrected chi connectivity index (χ0v) is 10.3. The Morgan fingerprint density at radius 1 is 1.50 bits per heavy atom. The van der Waals surface area contributed by atoms with E-state index in [2.05, 4.69) is 15.3 Å². The third-order valence-electron chi connectivity index (χ3n) is 3.41. The van der Waals surface area contributed by atoms with Gasteiger partial charge < -0.3 is 15.2 Å². The minimum atomic E-state index is 0.158. The first-order valence-corrected chi connectivity index (χ1v) is 6.12. The molecule has 0 spiro atoms. The van der Waals surface area contributed by atoms with Gasteiger partial charge in [0.1, 0.15) is 0 Å². The number of carbonyl (C=O) groups excluding carboxylic acids is 1. The average Bonchev–Trinajstić information content (AvgIpc) is 2.73. The predicted molar refractivity (Wildman–Crippen MR) is 68.9 cm³/mol. The van der Waals surface area contributed by atoms with E-state index in [1.165, 1.54) is 0 Å². The van der Waals surface area contributed by atoms with Crippen molar-refractivity contribution >= 4 is 16.9 Å².